The third-order valence-electron chi connectivity index (χ3n) is 2.40. The summed E-state index contributed by atoms with van der Waals surface area (Å²) < 4.78 is 1.39. The van der Waals surface area contributed by atoms with Crippen LogP contribution in [0, 0.1) is 0 Å². The molecule has 0 saturated heterocycles. The molecule has 3 rings (SSSR count). The molecular formula is C11H8ClN5. The first kappa shape index (κ1) is 10.0. The van der Waals surface area contributed by atoms with Crippen molar-refractivity contribution in [3.8, 4) is 11.4 Å². The maximum Gasteiger partial charge on any atom is 0.222 e. The van der Waals surface area contributed by atoms with E-state index in [2.05, 4.69) is 15.0 Å². The summed E-state index contributed by atoms with van der Waals surface area (Å²) in [4.78, 5) is 12.3. The van der Waals surface area contributed by atoms with Crippen LogP contribution in [0.4, 0.5) is 5.95 Å². The number of hydrogen-bond donors (Lipinski definition) is 1. The number of anilines is 1. The van der Waals surface area contributed by atoms with Crippen LogP contribution in [0.1, 0.15) is 0 Å². The first-order valence-electron chi connectivity index (χ1n) is 4.98. The summed E-state index contributed by atoms with van der Waals surface area (Å²) in [6.07, 6.45) is 1.56. The van der Waals surface area contributed by atoms with Gasteiger partial charge in [-0.2, -0.15) is 4.98 Å². The predicted molar refractivity (Wildman–Crippen MR) is 66.4 cm³/mol. The topological polar surface area (TPSA) is 69.6 Å². The van der Waals surface area contributed by atoms with Crippen molar-refractivity contribution in [2.24, 2.45) is 0 Å². The maximum atomic E-state index is 6.17. The van der Waals surface area contributed by atoms with Crippen molar-refractivity contribution in [1.82, 2.24) is 19.0 Å². The Morgan fingerprint density at radius 3 is 2.65 bits per heavy atom. The quantitative estimate of drug-likeness (QED) is 0.713. The van der Waals surface area contributed by atoms with Crippen molar-refractivity contribution in [3.63, 3.8) is 0 Å². The van der Waals surface area contributed by atoms with Crippen molar-refractivity contribution in [2.45, 2.75) is 0 Å². The molecule has 0 aliphatic carbocycles. The molecule has 2 N–H and O–H groups in total. The van der Waals surface area contributed by atoms with E-state index in [1.165, 1.54) is 4.09 Å². The molecule has 0 fully saturated rings. The molecule has 2 aromatic heterocycles. The van der Waals surface area contributed by atoms with Gasteiger partial charge in [-0.15, -0.1) is 0 Å². The number of nitrogen functional groups attached to an aromatic ring is 1. The largest absolute Gasteiger partial charge is 0.368 e. The second-order valence-electron chi connectivity index (χ2n) is 3.52. The summed E-state index contributed by atoms with van der Waals surface area (Å²) >= 11 is 6.17. The molecule has 0 radical (unpaired) electrons. The second-order valence-corrected chi connectivity index (χ2v) is 3.86. The lowest BCUT2D eigenvalue weighted by atomic mass is 10.2. The van der Waals surface area contributed by atoms with Crippen molar-refractivity contribution < 1.29 is 0 Å². The van der Waals surface area contributed by atoms with E-state index >= 15 is 0 Å². The number of fused-ring (bicyclic) bond motifs is 1. The van der Waals surface area contributed by atoms with Crippen molar-refractivity contribution >= 4 is 28.9 Å². The number of nitrogens with zero attached hydrogens (tertiary/aromatic N) is 4. The SMILES string of the molecule is Nc1ncc2nc(-c3ccccc3)n(Cl)c2n1. The van der Waals surface area contributed by atoms with Crippen molar-refractivity contribution in [3.05, 3.63) is 36.5 Å². The molecule has 3 aromatic rings. The molecule has 0 spiro atoms. The minimum Gasteiger partial charge on any atom is -0.368 e. The minimum atomic E-state index is 0.180. The molecular weight excluding hydrogens is 238 g/mol. The average molecular weight is 246 g/mol. The van der Waals surface area contributed by atoms with Gasteiger partial charge in [0.1, 0.15) is 5.52 Å². The number of hydrogen-bond acceptors (Lipinski definition) is 4. The lowest BCUT2D eigenvalue weighted by Crippen LogP contribution is -1.95. The van der Waals surface area contributed by atoms with E-state index in [0.717, 1.165) is 5.56 Å². The van der Waals surface area contributed by atoms with Crippen LogP contribution in [0.5, 0.6) is 0 Å². The van der Waals surface area contributed by atoms with Crippen LogP contribution in [0.15, 0.2) is 36.5 Å². The Hall–Kier alpha value is -2.14. The summed E-state index contributed by atoms with van der Waals surface area (Å²) in [5.41, 5.74) is 7.57. The Morgan fingerprint density at radius 2 is 1.88 bits per heavy atom. The lowest BCUT2D eigenvalue weighted by molar-refractivity contribution is 1.18. The zero-order valence-electron chi connectivity index (χ0n) is 8.71. The van der Waals surface area contributed by atoms with Crippen molar-refractivity contribution in [2.75, 3.05) is 5.73 Å². The minimum absolute atomic E-state index is 0.180. The normalized spacial score (nSPS) is 10.9. The third-order valence-corrected chi connectivity index (χ3v) is 2.72. The lowest BCUT2D eigenvalue weighted by Gasteiger charge is -1.98. The van der Waals surface area contributed by atoms with Gasteiger partial charge in [0, 0.05) is 17.3 Å². The van der Waals surface area contributed by atoms with Gasteiger partial charge in [-0.1, -0.05) is 30.3 Å². The van der Waals surface area contributed by atoms with Crippen LogP contribution in [-0.2, 0) is 0 Å². The number of imidazole rings is 1. The first-order valence-corrected chi connectivity index (χ1v) is 5.32. The van der Waals surface area contributed by atoms with Gasteiger partial charge in [0.2, 0.25) is 5.95 Å². The zero-order valence-corrected chi connectivity index (χ0v) is 9.46. The average Bonchev–Trinajstić information content (AvgIpc) is 2.68. The summed E-state index contributed by atoms with van der Waals surface area (Å²) in [5, 5.41) is 0. The molecule has 5 nitrogen and oxygen atoms in total. The van der Waals surface area contributed by atoms with Crippen LogP contribution in [0.25, 0.3) is 22.6 Å². The standard InChI is InChI=1S/C11H8ClN5/c12-17-9(7-4-2-1-3-5-7)15-8-6-14-11(13)16-10(8)17/h1-6H,(H2,13,14,16). The van der Waals surface area contributed by atoms with Gasteiger partial charge in [-0.05, 0) is 0 Å². The summed E-state index contributed by atoms with van der Waals surface area (Å²) in [7, 11) is 0. The van der Waals surface area contributed by atoms with Gasteiger partial charge in [-0.3, -0.25) is 0 Å². The number of rotatable bonds is 1. The molecule has 84 valence electrons. The maximum absolute atomic E-state index is 6.17. The van der Waals surface area contributed by atoms with Crippen molar-refractivity contribution in [1.29, 1.82) is 0 Å². The van der Waals surface area contributed by atoms with Gasteiger partial charge in [0.05, 0.1) is 6.20 Å². The van der Waals surface area contributed by atoms with Crippen LogP contribution < -0.4 is 5.73 Å². The molecule has 0 aliphatic heterocycles. The fraction of sp³-hybridized carbons (Fsp3) is 0. The summed E-state index contributed by atoms with van der Waals surface area (Å²) in [6.45, 7) is 0. The van der Waals surface area contributed by atoms with E-state index in [1.807, 2.05) is 30.3 Å². The van der Waals surface area contributed by atoms with Gasteiger partial charge in [0.15, 0.2) is 11.5 Å². The number of aromatic nitrogens is 4. The Balaban J connectivity index is 2.28. The molecule has 0 aliphatic rings. The van der Waals surface area contributed by atoms with Gasteiger partial charge >= 0.3 is 0 Å². The Kier molecular flexibility index (Phi) is 2.19. The molecule has 1 aromatic carbocycles. The zero-order chi connectivity index (χ0) is 11.8. The highest BCUT2D eigenvalue weighted by molar-refractivity contribution is 6.20. The second kappa shape index (κ2) is 3.71. The third kappa shape index (κ3) is 1.60. The summed E-state index contributed by atoms with van der Waals surface area (Å²) in [6, 6.07) is 9.63. The molecule has 0 amide bonds. The first-order chi connectivity index (χ1) is 8.25. The Labute approximate surface area is 102 Å². The molecule has 0 atom stereocenters. The smallest absolute Gasteiger partial charge is 0.222 e. The van der Waals surface area contributed by atoms with E-state index in [1.54, 1.807) is 6.20 Å². The molecule has 0 bridgehead atoms. The molecule has 17 heavy (non-hydrogen) atoms. The fourth-order valence-electron chi connectivity index (χ4n) is 1.63. The van der Waals surface area contributed by atoms with E-state index < -0.39 is 0 Å². The highest BCUT2D eigenvalue weighted by Crippen LogP contribution is 2.24. The molecule has 0 saturated carbocycles. The molecule has 2 heterocycles. The molecule has 6 heteroatoms. The van der Waals surface area contributed by atoms with E-state index in [-0.39, 0.29) is 5.95 Å². The number of nitrogens with two attached hydrogens (primary N) is 1. The van der Waals surface area contributed by atoms with Crippen LogP contribution >= 0.6 is 11.8 Å². The fourth-order valence-corrected chi connectivity index (χ4v) is 1.89. The summed E-state index contributed by atoms with van der Waals surface area (Å²) in [5.74, 6) is 0.807. The Bertz CT molecular complexity index is 677. The monoisotopic (exact) mass is 245 g/mol. The highest BCUT2D eigenvalue weighted by atomic mass is 35.5. The van der Waals surface area contributed by atoms with E-state index in [0.29, 0.717) is 17.0 Å². The van der Waals surface area contributed by atoms with E-state index in [9.17, 15) is 0 Å². The van der Waals surface area contributed by atoms with Crippen LogP contribution in [0.3, 0.4) is 0 Å². The van der Waals surface area contributed by atoms with Gasteiger partial charge < -0.3 is 5.73 Å². The molecule has 0 unspecified atom stereocenters. The predicted octanol–water partition coefficient (Wildman–Crippen LogP) is 2.08. The Morgan fingerprint density at radius 1 is 1.12 bits per heavy atom. The highest BCUT2D eigenvalue weighted by Gasteiger charge is 2.12. The number of benzene rings is 1. The van der Waals surface area contributed by atoms with Crippen LogP contribution in [0.2, 0.25) is 0 Å². The van der Waals surface area contributed by atoms with Crippen LogP contribution in [-0.4, -0.2) is 19.0 Å². The number of halogens is 1. The van der Waals surface area contributed by atoms with Gasteiger partial charge in [0.25, 0.3) is 0 Å². The van der Waals surface area contributed by atoms with Gasteiger partial charge in [-0.25, -0.2) is 14.1 Å². The van der Waals surface area contributed by atoms with E-state index in [4.69, 9.17) is 17.5 Å².